The Hall–Kier alpha value is -3.13. The highest BCUT2D eigenvalue weighted by Gasteiger charge is 2.08. The van der Waals surface area contributed by atoms with Gasteiger partial charge in [0.2, 0.25) is 4.77 Å². The third-order valence-corrected chi connectivity index (χ3v) is 4.64. The molecule has 0 saturated carbocycles. The van der Waals surface area contributed by atoms with Gasteiger partial charge in [-0.2, -0.15) is 14.9 Å². The number of benzene rings is 2. The number of aromatic nitrogens is 3. The summed E-state index contributed by atoms with van der Waals surface area (Å²) in [6, 6.07) is 15.5. The molecule has 3 rings (SSSR count). The Bertz CT molecular complexity index is 994. The van der Waals surface area contributed by atoms with E-state index < -0.39 is 0 Å². The Kier molecular flexibility index (Phi) is 8.02. The maximum absolute atomic E-state index is 5.73. The first kappa shape index (κ1) is 21.6. The monoisotopic (exact) mass is 425 g/mol. The van der Waals surface area contributed by atoms with Gasteiger partial charge in [-0.05, 0) is 79.7 Å². The van der Waals surface area contributed by atoms with Crippen molar-refractivity contribution in [2.45, 2.75) is 33.1 Å². The fraction of sp³-hybridized carbons (Fsp3) is 0.318. The van der Waals surface area contributed by atoms with Gasteiger partial charge in [0.1, 0.15) is 11.5 Å². The molecule has 0 bridgehead atoms. The molecular weight excluding hydrogens is 398 g/mol. The van der Waals surface area contributed by atoms with E-state index in [-0.39, 0.29) is 0 Å². The van der Waals surface area contributed by atoms with Crippen LogP contribution in [-0.2, 0) is 0 Å². The zero-order chi connectivity index (χ0) is 21.2. The van der Waals surface area contributed by atoms with E-state index in [9.17, 15) is 0 Å². The molecule has 0 saturated heterocycles. The molecule has 1 aromatic heterocycles. The molecule has 0 spiro atoms. The second-order valence-electron chi connectivity index (χ2n) is 6.63. The summed E-state index contributed by atoms with van der Waals surface area (Å²) in [5.74, 6) is 2.31. The Morgan fingerprint density at radius 2 is 1.73 bits per heavy atom. The van der Waals surface area contributed by atoms with Gasteiger partial charge >= 0.3 is 0 Å². The Morgan fingerprint density at radius 3 is 2.43 bits per heavy atom. The molecule has 0 radical (unpaired) electrons. The van der Waals surface area contributed by atoms with Crippen molar-refractivity contribution in [3.63, 3.8) is 0 Å². The molecule has 2 aromatic carbocycles. The largest absolute Gasteiger partial charge is 0.494 e. The first-order valence-corrected chi connectivity index (χ1v) is 10.5. The Balaban J connectivity index is 1.62. The van der Waals surface area contributed by atoms with E-state index in [1.54, 1.807) is 10.9 Å². The van der Waals surface area contributed by atoms with E-state index in [0.29, 0.717) is 17.2 Å². The quantitative estimate of drug-likeness (QED) is 0.192. The van der Waals surface area contributed by atoms with Crippen LogP contribution >= 0.6 is 12.2 Å². The molecule has 0 amide bonds. The maximum Gasteiger partial charge on any atom is 0.216 e. The van der Waals surface area contributed by atoms with Gasteiger partial charge in [0, 0.05) is 5.56 Å². The van der Waals surface area contributed by atoms with Crippen LogP contribution < -0.4 is 15.0 Å². The fourth-order valence-electron chi connectivity index (χ4n) is 2.80. The smallest absolute Gasteiger partial charge is 0.216 e. The zero-order valence-electron chi connectivity index (χ0n) is 17.3. The molecule has 0 aliphatic heterocycles. The van der Waals surface area contributed by atoms with E-state index >= 15 is 0 Å². The number of hydrogen-bond acceptors (Lipinski definition) is 6. The highest BCUT2D eigenvalue weighted by Crippen LogP contribution is 2.20. The van der Waals surface area contributed by atoms with Gasteiger partial charge in [-0.1, -0.05) is 19.8 Å². The maximum atomic E-state index is 5.73. The lowest BCUT2D eigenvalue weighted by molar-refractivity contribution is 0.306. The molecule has 1 heterocycles. The second-order valence-corrected chi connectivity index (χ2v) is 7.01. The SMILES string of the molecule is CCCCCOc1ccc(C=NNn2c(-c3ccc(OCC)cc3)n[nH]c2=S)cc1. The molecular formula is C22H27N5O2S. The van der Waals surface area contributed by atoms with Crippen molar-refractivity contribution >= 4 is 18.4 Å². The Labute approximate surface area is 181 Å². The van der Waals surface area contributed by atoms with Crippen LogP contribution in [0.15, 0.2) is 53.6 Å². The van der Waals surface area contributed by atoms with E-state index in [1.807, 2.05) is 55.5 Å². The van der Waals surface area contributed by atoms with Gasteiger partial charge < -0.3 is 9.47 Å². The number of H-pyrrole nitrogens is 1. The van der Waals surface area contributed by atoms with Crippen LogP contribution in [0.2, 0.25) is 0 Å². The number of nitrogens with one attached hydrogen (secondary N) is 2. The predicted octanol–water partition coefficient (Wildman–Crippen LogP) is 5.15. The highest BCUT2D eigenvalue weighted by atomic mass is 32.1. The van der Waals surface area contributed by atoms with Crippen LogP contribution in [0.25, 0.3) is 11.4 Å². The summed E-state index contributed by atoms with van der Waals surface area (Å²) in [5, 5.41) is 11.4. The predicted molar refractivity (Wildman–Crippen MR) is 122 cm³/mol. The minimum absolute atomic E-state index is 0.423. The van der Waals surface area contributed by atoms with Crippen LogP contribution in [0.1, 0.15) is 38.7 Å². The van der Waals surface area contributed by atoms with Gasteiger partial charge in [0.05, 0.1) is 19.4 Å². The molecule has 0 aliphatic carbocycles. The summed E-state index contributed by atoms with van der Waals surface area (Å²) in [6.45, 7) is 5.51. The molecule has 0 atom stereocenters. The molecule has 30 heavy (non-hydrogen) atoms. The number of hydrazone groups is 1. The number of rotatable bonds is 11. The van der Waals surface area contributed by atoms with Gasteiger partial charge in [0.25, 0.3) is 0 Å². The Morgan fingerprint density at radius 1 is 1.03 bits per heavy atom. The molecule has 0 unspecified atom stereocenters. The number of hydrogen-bond donors (Lipinski definition) is 2. The average Bonchev–Trinajstić information content (AvgIpc) is 3.13. The summed E-state index contributed by atoms with van der Waals surface area (Å²) in [5.41, 5.74) is 4.77. The third-order valence-electron chi connectivity index (χ3n) is 4.36. The van der Waals surface area contributed by atoms with Crippen LogP contribution in [-0.4, -0.2) is 34.3 Å². The van der Waals surface area contributed by atoms with Gasteiger partial charge in [-0.15, -0.1) is 0 Å². The van der Waals surface area contributed by atoms with E-state index in [0.717, 1.165) is 35.7 Å². The van der Waals surface area contributed by atoms with Crippen LogP contribution in [0.5, 0.6) is 11.5 Å². The fourth-order valence-corrected chi connectivity index (χ4v) is 2.98. The molecule has 158 valence electrons. The molecule has 8 heteroatoms. The van der Waals surface area contributed by atoms with E-state index in [4.69, 9.17) is 21.7 Å². The lowest BCUT2D eigenvalue weighted by atomic mass is 10.2. The lowest BCUT2D eigenvalue weighted by Gasteiger charge is -2.07. The van der Waals surface area contributed by atoms with Crippen molar-refractivity contribution in [1.29, 1.82) is 0 Å². The van der Waals surface area contributed by atoms with Crippen molar-refractivity contribution in [2.24, 2.45) is 5.10 Å². The van der Waals surface area contributed by atoms with E-state index in [1.165, 1.54) is 12.8 Å². The number of aromatic amines is 1. The van der Waals surface area contributed by atoms with Gasteiger partial charge in [0.15, 0.2) is 5.82 Å². The lowest BCUT2D eigenvalue weighted by Crippen LogP contribution is -2.10. The van der Waals surface area contributed by atoms with Crippen molar-refractivity contribution in [2.75, 3.05) is 18.7 Å². The number of nitrogens with zero attached hydrogens (tertiary/aromatic N) is 3. The highest BCUT2D eigenvalue weighted by molar-refractivity contribution is 7.71. The number of ether oxygens (including phenoxy) is 2. The molecule has 3 aromatic rings. The minimum Gasteiger partial charge on any atom is -0.494 e. The summed E-state index contributed by atoms with van der Waals surface area (Å²) in [7, 11) is 0. The summed E-state index contributed by atoms with van der Waals surface area (Å²) >= 11 is 5.31. The molecule has 2 N–H and O–H groups in total. The molecule has 0 fully saturated rings. The first-order chi connectivity index (χ1) is 14.7. The molecule has 0 aliphatic rings. The normalized spacial score (nSPS) is 11.0. The van der Waals surface area contributed by atoms with Crippen LogP contribution in [0.3, 0.4) is 0 Å². The summed E-state index contributed by atoms with van der Waals surface area (Å²) in [4.78, 5) is 0. The van der Waals surface area contributed by atoms with Crippen LogP contribution in [0.4, 0.5) is 0 Å². The average molecular weight is 426 g/mol. The van der Waals surface area contributed by atoms with Gasteiger partial charge in [-0.3, -0.25) is 0 Å². The van der Waals surface area contributed by atoms with Gasteiger partial charge in [-0.25, -0.2) is 10.6 Å². The third kappa shape index (κ3) is 5.93. The van der Waals surface area contributed by atoms with E-state index in [2.05, 4.69) is 27.8 Å². The van der Waals surface area contributed by atoms with Crippen molar-refractivity contribution in [1.82, 2.24) is 14.9 Å². The van der Waals surface area contributed by atoms with Crippen LogP contribution in [0, 0.1) is 4.77 Å². The van der Waals surface area contributed by atoms with Crippen molar-refractivity contribution in [3.05, 3.63) is 58.9 Å². The molecule has 7 nitrogen and oxygen atoms in total. The topological polar surface area (TPSA) is 76.5 Å². The second kappa shape index (κ2) is 11.2. The van der Waals surface area contributed by atoms with Crippen molar-refractivity contribution in [3.8, 4) is 22.9 Å². The minimum atomic E-state index is 0.423. The summed E-state index contributed by atoms with van der Waals surface area (Å²) in [6.07, 6.45) is 5.17. The zero-order valence-corrected chi connectivity index (χ0v) is 18.1. The first-order valence-electron chi connectivity index (χ1n) is 10.1. The summed E-state index contributed by atoms with van der Waals surface area (Å²) < 4.78 is 13.3. The van der Waals surface area contributed by atoms with Crippen molar-refractivity contribution < 1.29 is 9.47 Å². The standard InChI is InChI=1S/C22H27N5O2S/c1-3-5-6-15-29-20-11-7-17(8-12-20)16-23-26-27-21(24-25-22(27)30)18-9-13-19(14-10-18)28-4-2/h7-14,16,26H,3-6,15H2,1-2H3,(H,25,30). The number of unbranched alkanes of at least 4 members (excludes halogenated alkanes) is 2.